The van der Waals surface area contributed by atoms with Crippen LogP contribution < -0.4 is 4.72 Å². The minimum Gasteiger partial charge on any atom is -0.475 e. The molecule has 12 heteroatoms. The van der Waals surface area contributed by atoms with Gasteiger partial charge in [-0.3, -0.25) is 9.88 Å². The number of pyridine rings is 1. The van der Waals surface area contributed by atoms with Crippen LogP contribution in [-0.2, 0) is 26.1 Å². The molecule has 1 aromatic rings. The fraction of sp³-hybridized carbons (Fsp3) is 0.684. The van der Waals surface area contributed by atoms with Gasteiger partial charge >= 0.3 is 12.1 Å². The van der Waals surface area contributed by atoms with Crippen molar-refractivity contribution in [2.24, 2.45) is 0 Å². The summed E-state index contributed by atoms with van der Waals surface area (Å²) >= 11 is 0. The van der Waals surface area contributed by atoms with Crippen LogP contribution in [0.1, 0.15) is 38.2 Å². The maximum absolute atomic E-state index is 11.6. The zero-order chi connectivity index (χ0) is 23.1. The highest BCUT2D eigenvalue weighted by Crippen LogP contribution is 2.37. The van der Waals surface area contributed by atoms with E-state index in [9.17, 15) is 21.6 Å². The number of carbonyl (C=O) groups is 1. The molecule has 2 fully saturated rings. The number of halogens is 3. The fourth-order valence-corrected chi connectivity index (χ4v) is 4.35. The lowest BCUT2D eigenvalue weighted by Gasteiger charge is -2.39. The van der Waals surface area contributed by atoms with Crippen molar-refractivity contribution < 1.29 is 36.2 Å². The molecule has 0 radical (unpaired) electrons. The number of likely N-dealkylation sites (tertiary alicyclic amines) is 1. The second kappa shape index (κ2) is 10.7. The molecular formula is C19H28F3N3O5S. The first kappa shape index (κ1) is 25.5. The van der Waals surface area contributed by atoms with Crippen molar-refractivity contribution in [2.75, 3.05) is 25.4 Å². The molecule has 2 atom stereocenters. The Morgan fingerprint density at radius 3 is 2.71 bits per heavy atom. The predicted octanol–water partition coefficient (Wildman–Crippen LogP) is 2.17. The lowest BCUT2D eigenvalue weighted by molar-refractivity contribution is -0.192. The Labute approximate surface area is 179 Å². The van der Waals surface area contributed by atoms with Crippen molar-refractivity contribution in [2.45, 2.75) is 57.0 Å². The summed E-state index contributed by atoms with van der Waals surface area (Å²) in [6.07, 6.45) is 2.71. The zero-order valence-corrected chi connectivity index (χ0v) is 18.1. The number of carboxylic acids is 1. The smallest absolute Gasteiger partial charge is 0.475 e. The molecule has 2 aliphatic heterocycles. The van der Waals surface area contributed by atoms with Crippen molar-refractivity contribution >= 4 is 16.0 Å². The van der Waals surface area contributed by atoms with E-state index in [1.165, 1.54) is 5.56 Å². The third kappa shape index (κ3) is 8.36. The highest BCUT2D eigenvalue weighted by molar-refractivity contribution is 7.89. The molecule has 3 rings (SSSR count). The summed E-state index contributed by atoms with van der Waals surface area (Å²) in [7, 11) is -3.15. The number of hydrogen-bond donors (Lipinski definition) is 2. The van der Waals surface area contributed by atoms with Crippen LogP contribution in [0.3, 0.4) is 0 Å². The monoisotopic (exact) mass is 467 g/mol. The van der Waals surface area contributed by atoms with E-state index in [2.05, 4.69) is 20.7 Å². The van der Waals surface area contributed by atoms with Gasteiger partial charge in [0.15, 0.2) is 0 Å². The maximum atomic E-state index is 11.6. The number of rotatable bonds is 6. The minimum atomic E-state index is -5.08. The molecular weight excluding hydrogens is 439 g/mol. The van der Waals surface area contributed by atoms with E-state index in [-0.39, 0.29) is 17.5 Å². The first-order valence-corrected chi connectivity index (χ1v) is 11.7. The van der Waals surface area contributed by atoms with Crippen molar-refractivity contribution in [3.05, 3.63) is 30.1 Å². The number of aliphatic carboxylic acids is 1. The van der Waals surface area contributed by atoms with Gasteiger partial charge in [-0.05, 0) is 44.2 Å². The summed E-state index contributed by atoms with van der Waals surface area (Å²) < 4.78 is 64.0. The van der Waals surface area contributed by atoms with Gasteiger partial charge in [-0.15, -0.1) is 0 Å². The fourth-order valence-electron chi connectivity index (χ4n) is 3.70. The van der Waals surface area contributed by atoms with E-state index in [0.29, 0.717) is 6.54 Å². The predicted molar refractivity (Wildman–Crippen MR) is 107 cm³/mol. The Bertz CT molecular complexity index is 823. The molecule has 0 unspecified atom stereocenters. The Morgan fingerprint density at radius 1 is 1.42 bits per heavy atom. The summed E-state index contributed by atoms with van der Waals surface area (Å²) in [5, 5.41) is 7.12. The van der Waals surface area contributed by atoms with E-state index in [0.717, 1.165) is 45.3 Å². The molecule has 31 heavy (non-hydrogen) atoms. The third-order valence-electron chi connectivity index (χ3n) is 5.25. The molecule has 3 heterocycles. The molecule has 8 nitrogen and oxygen atoms in total. The largest absolute Gasteiger partial charge is 0.490 e. The van der Waals surface area contributed by atoms with Crippen LogP contribution >= 0.6 is 0 Å². The quantitative estimate of drug-likeness (QED) is 0.660. The first-order valence-electron chi connectivity index (χ1n) is 10.0. The molecule has 2 aliphatic rings. The number of nitrogens with one attached hydrogen (secondary N) is 1. The molecule has 2 saturated heterocycles. The lowest BCUT2D eigenvalue weighted by Crippen LogP contribution is -2.46. The first-order chi connectivity index (χ1) is 14.4. The van der Waals surface area contributed by atoms with Crippen LogP contribution in [0.4, 0.5) is 13.2 Å². The van der Waals surface area contributed by atoms with Crippen LogP contribution in [0.15, 0.2) is 24.5 Å². The van der Waals surface area contributed by atoms with Crippen LogP contribution in [0.25, 0.3) is 0 Å². The number of hydrogen-bond acceptors (Lipinski definition) is 6. The van der Waals surface area contributed by atoms with Crippen molar-refractivity contribution in [3.8, 4) is 0 Å². The maximum Gasteiger partial charge on any atom is 0.490 e. The minimum absolute atomic E-state index is 0.0154. The lowest BCUT2D eigenvalue weighted by atomic mass is 9.90. The number of sulfonamides is 1. The second-order valence-corrected chi connectivity index (χ2v) is 9.79. The Kier molecular flexibility index (Phi) is 8.81. The van der Waals surface area contributed by atoms with Gasteiger partial charge in [0.2, 0.25) is 10.0 Å². The van der Waals surface area contributed by atoms with Crippen molar-refractivity contribution in [1.29, 1.82) is 0 Å². The van der Waals surface area contributed by atoms with E-state index >= 15 is 0 Å². The van der Waals surface area contributed by atoms with E-state index in [1.807, 2.05) is 12.3 Å². The van der Waals surface area contributed by atoms with Crippen LogP contribution in [0.2, 0.25) is 0 Å². The molecule has 0 amide bonds. The average molecular weight is 468 g/mol. The molecule has 0 aliphatic carbocycles. The zero-order valence-electron chi connectivity index (χ0n) is 17.3. The molecule has 176 valence electrons. The molecule has 1 aromatic heterocycles. The van der Waals surface area contributed by atoms with Gasteiger partial charge in [0.1, 0.15) is 0 Å². The Hall–Kier alpha value is -1.76. The summed E-state index contributed by atoms with van der Waals surface area (Å²) in [6.45, 7) is 4.87. The van der Waals surface area contributed by atoms with Gasteiger partial charge in [-0.25, -0.2) is 17.9 Å². The van der Waals surface area contributed by atoms with Gasteiger partial charge in [0.05, 0.1) is 17.5 Å². The SMILES string of the molecule is CCS(=O)(=O)NC[C@H]1CCC[C@]2(CCN(Cc3cccnc3)C2)O1.O=C(O)C(F)(F)F. The van der Waals surface area contributed by atoms with E-state index in [1.54, 1.807) is 13.1 Å². The van der Waals surface area contributed by atoms with Gasteiger partial charge in [0.25, 0.3) is 0 Å². The number of alkyl halides is 3. The number of nitrogens with zero attached hydrogens (tertiary/aromatic N) is 2. The standard InChI is InChI=1S/C17H27N3O3S.C2HF3O2/c1-2-24(21,22)19-12-16-6-3-7-17(23-16)8-10-20(14-17)13-15-5-4-9-18-11-15;3-2(4,5)1(6)7/h4-5,9,11,16,19H,2-3,6-8,10,12-14H2,1H3;(H,6,7)/t16-,17-;/m1./s1. The summed E-state index contributed by atoms with van der Waals surface area (Å²) in [4.78, 5) is 15.5. The Balaban J connectivity index is 0.000000423. The second-order valence-electron chi connectivity index (χ2n) is 7.69. The van der Waals surface area contributed by atoms with Crippen LogP contribution in [0.5, 0.6) is 0 Å². The van der Waals surface area contributed by atoms with Gasteiger partial charge in [-0.1, -0.05) is 6.07 Å². The van der Waals surface area contributed by atoms with Gasteiger partial charge < -0.3 is 9.84 Å². The number of aromatic nitrogens is 1. The highest BCUT2D eigenvalue weighted by atomic mass is 32.2. The molecule has 2 N–H and O–H groups in total. The molecule has 0 bridgehead atoms. The third-order valence-corrected chi connectivity index (χ3v) is 6.62. The van der Waals surface area contributed by atoms with E-state index in [4.69, 9.17) is 14.6 Å². The van der Waals surface area contributed by atoms with Crippen molar-refractivity contribution in [3.63, 3.8) is 0 Å². The summed E-state index contributed by atoms with van der Waals surface area (Å²) in [5.41, 5.74) is 1.11. The topological polar surface area (TPSA) is 109 Å². The van der Waals surface area contributed by atoms with Gasteiger partial charge in [0, 0.05) is 38.6 Å². The number of ether oxygens (including phenoxy) is 1. The van der Waals surface area contributed by atoms with E-state index < -0.39 is 22.2 Å². The Morgan fingerprint density at radius 2 is 2.13 bits per heavy atom. The number of carboxylic acid groups (broad SMARTS) is 1. The van der Waals surface area contributed by atoms with Crippen LogP contribution in [-0.4, -0.2) is 72.6 Å². The molecule has 0 saturated carbocycles. The van der Waals surface area contributed by atoms with Gasteiger partial charge in [-0.2, -0.15) is 13.2 Å². The molecule has 1 spiro atoms. The average Bonchev–Trinajstić information content (AvgIpc) is 3.08. The highest BCUT2D eigenvalue weighted by Gasteiger charge is 2.43. The molecule has 0 aromatic carbocycles. The van der Waals surface area contributed by atoms with Crippen molar-refractivity contribution in [1.82, 2.24) is 14.6 Å². The summed E-state index contributed by atoms with van der Waals surface area (Å²) in [6, 6.07) is 4.07. The normalized spacial score (nSPS) is 24.6. The summed E-state index contributed by atoms with van der Waals surface area (Å²) in [5.74, 6) is -2.64. The van der Waals surface area contributed by atoms with Crippen LogP contribution in [0, 0.1) is 0 Å².